The van der Waals surface area contributed by atoms with Crippen molar-refractivity contribution in [3.8, 4) is 0 Å². The van der Waals surface area contributed by atoms with Gasteiger partial charge in [0.05, 0.1) is 11.1 Å². The molecule has 1 aromatic carbocycles. The van der Waals surface area contributed by atoms with Gasteiger partial charge in [0, 0.05) is 0 Å². The van der Waals surface area contributed by atoms with Gasteiger partial charge in [-0.2, -0.15) is 0 Å². The highest BCUT2D eigenvalue weighted by atomic mass is 127. The summed E-state index contributed by atoms with van der Waals surface area (Å²) < 4.78 is 1.29. The molecule has 0 fully saturated rings. The van der Waals surface area contributed by atoms with Crippen molar-refractivity contribution in [3.63, 3.8) is 0 Å². The number of rotatable bonds is 3. The van der Waals surface area contributed by atoms with Crippen molar-refractivity contribution >= 4 is 34.5 Å². The quantitative estimate of drug-likeness (QED) is 0.648. The number of carbonyl (C=O) groups is 2. The summed E-state index contributed by atoms with van der Waals surface area (Å²) in [5.41, 5.74) is 0.335. The summed E-state index contributed by atoms with van der Waals surface area (Å²) in [7, 11) is 0. The average molecular weight is 350 g/mol. The molecule has 0 saturated heterocycles. The number of benzene rings is 1. The Labute approximate surface area is 114 Å². The molecule has 17 heavy (non-hydrogen) atoms. The van der Waals surface area contributed by atoms with E-state index < -0.39 is 11.9 Å². The van der Waals surface area contributed by atoms with Gasteiger partial charge in [-0.05, 0) is 35.5 Å². The van der Waals surface area contributed by atoms with E-state index in [1.807, 2.05) is 0 Å². The lowest BCUT2D eigenvalue weighted by Gasteiger charge is -2.03. The highest BCUT2D eigenvalue weighted by Crippen LogP contribution is 2.13. The van der Waals surface area contributed by atoms with Gasteiger partial charge in [0.1, 0.15) is 0 Å². The molecule has 0 aliphatic rings. The van der Waals surface area contributed by atoms with Gasteiger partial charge in [0.15, 0.2) is 0 Å². The molecule has 0 spiro atoms. The van der Waals surface area contributed by atoms with Crippen LogP contribution in [0.5, 0.6) is 0 Å². The Balaban J connectivity index is 0.000000557. The molecule has 0 aromatic heterocycles. The van der Waals surface area contributed by atoms with Gasteiger partial charge in [0.25, 0.3) is 0 Å². The van der Waals surface area contributed by atoms with Crippen molar-refractivity contribution in [1.29, 1.82) is 0 Å². The average Bonchev–Trinajstić information content (AvgIpc) is 2.29. The molecule has 0 unspecified atom stereocenters. The predicted octanol–water partition coefficient (Wildman–Crippen LogP) is 3.22. The lowest BCUT2D eigenvalue weighted by molar-refractivity contribution is 0.0696. The van der Waals surface area contributed by atoms with Crippen LogP contribution in [-0.2, 0) is 0 Å². The molecule has 0 aliphatic carbocycles. The summed E-state index contributed by atoms with van der Waals surface area (Å²) in [5, 5.41) is 17.4. The number of halogens is 1. The number of alkyl halides is 1. The number of carboxylic acid groups (broad SMARTS) is 2. The fraction of sp³-hybridized carbons (Fsp3) is 0.333. The van der Waals surface area contributed by atoms with Gasteiger partial charge in [-0.3, -0.25) is 0 Å². The normalized spacial score (nSPS) is 9.12. The maximum atomic E-state index is 10.6. The second-order valence-corrected chi connectivity index (χ2v) is 4.36. The van der Waals surface area contributed by atoms with E-state index in [0.29, 0.717) is 0 Å². The Kier molecular flexibility index (Phi) is 7.53. The zero-order valence-corrected chi connectivity index (χ0v) is 11.9. The largest absolute Gasteiger partial charge is 0.478 e. The van der Waals surface area contributed by atoms with Crippen LogP contribution >= 0.6 is 22.6 Å². The first-order valence-corrected chi connectivity index (χ1v) is 6.60. The second-order valence-electron chi connectivity index (χ2n) is 3.28. The van der Waals surface area contributed by atoms with Gasteiger partial charge >= 0.3 is 11.9 Å². The summed E-state index contributed by atoms with van der Waals surface area (Å²) in [6.45, 7) is 3.65. The van der Waals surface area contributed by atoms with Gasteiger partial charge in [-0.15, -0.1) is 0 Å². The summed E-state index contributed by atoms with van der Waals surface area (Å²) >= 11 is 2.35. The van der Waals surface area contributed by atoms with Crippen LogP contribution < -0.4 is 0 Å². The number of hydrogen-bond acceptors (Lipinski definition) is 2. The zero-order chi connectivity index (χ0) is 13.4. The third kappa shape index (κ3) is 5.16. The Hall–Kier alpha value is -1.11. The molecule has 0 bridgehead atoms. The Morgan fingerprint density at radius 1 is 1.18 bits per heavy atom. The molecule has 1 aromatic rings. The highest BCUT2D eigenvalue weighted by Gasteiger charge is 2.13. The van der Waals surface area contributed by atoms with Crippen LogP contribution in [0.2, 0.25) is 0 Å². The van der Waals surface area contributed by atoms with Crippen molar-refractivity contribution in [2.75, 3.05) is 4.43 Å². The van der Waals surface area contributed by atoms with Crippen molar-refractivity contribution < 1.29 is 19.8 Å². The lowest BCUT2D eigenvalue weighted by atomic mass is 10.0. The molecule has 0 radical (unpaired) electrons. The minimum absolute atomic E-state index is 0.0277. The fourth-order valence-electron chi connectivity index (χ4n) is 1.10. The lowest BCUT2D eigenvalue weighted by Crippen LogP contribution is -2.06. The number of aromatic carboxylic acids is 2. The highest BCUT2D eigenvalue weighted by molar-refractivity contribution is 14.1. The van der Waals surface area contributed by atoms with Crippen LogP contribution in [0.3, 0.4) is 0 Å². The van der Waals surface area contributed by atoms with Crippen LogP contribution in [0.25, 0.3) is 0 Å². The second kappa shape index (κ2) is 8.05. The van der Waals surface area contributed by atoms with Crippen LogP contribution in [0.4, 0.5) is 0 Å². The Morgan fingerprint density at radius 2 is 1.53 bits per heavy atom. The van der Waals surface area contributed by atoms with Crippen LogP contribution in [-0.4, -0.2) is 26.6 Å². The number of carboxylic acids is 2. The summed E-state index contributed by atoms with van der Waals surface area (Å²) in [6, 6.07) is 4.17. The van der Waals surface area contributed by atoms with Gasteiger partial charge in [-0.25, -0.2) is 9.59 Å². The molecule has 0 saturated carbocycles. The summed E-state index contributed by atoms with van der Waals surface area (Å²) in [5.74, 6) is -2.22. The Bertz CT molecular complexity index is 367. The number of hydrogen-bond donors (Lipinski definition) is 2. The van der Waals surface area contributed by atoms with E-state index in [2.05, 4.69) is 29.5 Å². The first-order chi connectivity index (χ1) is 7.95. The summed E-state index contributed by atoms with van der Waals surface area (Å²) in [4.78, 5) is 21.2. The van der Waals surface area contributed by atoms with Crippen LogP contribution in [0.1, 0.15) is 39.6 Å². The first kappa shape index (κ1) is 15.9. The first-order valence-electron chi connectivity index (χ1n) is 5.07. The van der Waals surface area contributed by atoms with Crippen molar-refractivity contribution in [3.05, 3.63) is 34.9 Å². The molecule has 5 heteroatoms. The molecule has 0 amide bonds. The topological polar surface area (TPSA) is 74.6 Å². The van der Waals surface area contributed by atoms with E-state index >= 15 is 0 Å². The molecule has 0 aliphatic heterocycles. The molecular weight excluding hydrogens is 335 g/mol. The molecule has 0 heterocycles. The molecular formula is C12H15IO4. The van der Waals surface area contributed by atoms with E-state index in [4.69, 9.17) is 10.2 Å². The van der Waals surface area contributed by atoms with E-state index in [-0.39, 0.29) is 16.7 Å². The standard InChI is InChI=1S/C9H8O4.C3H7I/c1-5-6(8(10)11)3-2-4-7(5)9(12)13;1-2-3-4/h2-4H,1H3,(H,10,11)(H,12,13);2-3H2,1H3. The predicted molar refractivity (Wildman–Crippen MR) is 74.3 cm³/mol. The van der Waals surface area contributed by atoms with E-state index in [1.54, 1.807) is 0 Å². The third-order valence-corrected chi connectivity index (χ3v) is 3.06. The van der Waals surface area contributed by atoms with Crippen LogP contribution in [0, 0.1) is 6.92 Å². The smallest absolute Gasteiger partial charge is 0.335 e. The van der Waals surface area contributed by atoms with E-state index in [9.17, 15) is 9.59 Å². The van der Waals surface area contributed by atoms with Crippen molar-refractivity contribution in [2.24, 2.45) is 0 Å². The maximum Gasteiger partial charge on any atom is 0.335 e. The molecule has 1 rings (SSSR count). The van der Waals surface area contributed by atoms with E-state index in [0.717, 1.165) is 0 Å². The summed E-state index contributed by atoms with van der Waals surface area (Å²) in [6.07, 6.45) is 1.31. The molecule has 94 valence electrons. The minimum atomic E-state index is -1.11. The molecule has 0 atom stereocenters. The maximum absolute atomic E-state index is 10.6. The minimum Gasteiger partial charge on any atom is -0.478 e. The monoisotopic (exact) mass is 350 g/mol. The van der Waals surface area contributed by atoms with E-state index in [1.165, 1.54) is 36.0 Å². The van der Waals surface area contributed by atoms with Gasteiger partial charge in [-0.1, -0.05) is 35.6 Å². The molecule has 4 nitrogen and oxygen atoms in total. The Morgan fingerprint density at radius 3 is 1.76 bits per heavy atom. The zero-order valence-electron chi connectivity index (χ0n) is 9.74. The fourth-order valence-corrected chi connectivity index (χ4v) is 1.10. The van der Waals surface area contributed by atoms with Crippen LogP contribution in [0.15, 0.2) is 18.2 Å². The van der Waals surface area contributed by atoms with Gasteiger partial charge < -0.3 is 10.2 Å². The van der Waals surface area contributed by atoms with Gasteiger partial charge in [0.2, 0.25) is 0 Å². The molecule has 2 N–H and O–H groups in total. The SMILES string of the molecule is CCCI.Cc1c(C(=O)O)cccc1C(=O)O. The third-order valence-electron chi connectivity index (χ3n) is 1.98. The van der Waals surface area contributed by atoms with Crippen molar-refractivity contribution in [1.82, 2.24) is 0 Å². The van der Waals surface area contributed by atoms with Crippen molar-refractivity contribution in [2.45, 2.75) is 20.3 Å².